The highest BCUT2D eigenvalue weighted by Gasteiger charge is 2.34. The molecule has 1 aliphatic rings. The second kappa shape index (κ2) is 5.73. The second-order valence-corrected chi connectivity index (χ2v) is 4.64. The molecule has 1 aromatic carbocycles. The summed E-state index contributed by atoms with van der Waals surface area (Å²) >= 11 is 0. The smallest absolute Gasteiger partial charge is 0.326 e. The fourth-order valence-corrected chi connectivity index (χ4v) is 2.22. The van der Waals surface area contributed by atoms with E-state index < -0.39 is 18.0 Å². The van der Waals surface area contributed by atoms with Gasteiger partial charge in [0.05, 0.1) is 19.4 Å². The van der Waals surface area contributed by atoms with Gasteiger partial charge in [0, 0.05) is 0 Å². The Labute approximate surface area is 115 Å². The van der Waals surface area contributed by atoms with Crippen molar-refractivity contribution in [1.82, 2.24) is 5.32 Å². The minimum absolute atomic E-state index is 0.342. The number of amides is 1. The van der Waals surface area contributed by atoms with Crippen LogP contribution in [-0.2, 0) is 25.5 Å². The van der Waals surface area contributed by atoms with Gasteiger partial charge in [-0.25, -0.2) is 4.79 Å². The summed E-state index contributed by atoms with van der Waals surface area (Å²) in [5.74, 6) is -2.64. The fraction of sp³-hybridized carbons (Fsp3) is 0.357. The monoisotopic (exact) mass is 277 g/mol. The van der Waals surface area contributed by atoms with Gasteiger partial charge in [0.15, 0.2) is 0 Å². The van der Waals surface area contributed by atoms with Crippen molar-refractivity contribution in [3.8, 4) is 0 Å². The maximum atomic E-state index is 12.0. The van der Waals surface area contributed by atoms with E-state index in [1.165, 1.54) is 7.11 Å². The van der Waals surface area contributed by atoms with Gasteiger partial charge in [-0.3, -0.25) is 9.59 Å². The van der Waals surface area contributed by atoms with Crippen LogP contribution in [0.2, 0.25) is 0 Å². The van der Waals surface area contributed by atoms with Crippen LogP contribution in [0.5, 0.6) is 0 Å². The molecule has 2 rings (SSSR count). The number of hydrogen-bond donors (Lipinski definition) is 2. The molecule has 0 fully saturated rings. The molecule has 0 aromatic heterocycles. The Morgan fingerprint density at radius 3 is 2.70 bits per heavy atom. The average Bonchev–Trinajstić information content (AvgIpc) is 2.39. The highest BCUT2D eigenvalue weighted by Crippen LogP contribution is 2.34. The molecule has 0 radical (unpaired) electrons. The number of rotatable bonds is 5. The molecule has 0 saturated carbocycles. The lowest BCUT2D eigenvalue weighted by molar-refractivity contribution is -0.148. The molecule has 6 heteroatoms. The summed E-state index contributed by atoms with van der Waals surface area (Å²) in [5, 5.41) is 11.4. The highest BCUT2D eigenvalue weighted by molar-refractivity contribution is 5.91. The molecule has 0 aliphatic heterocycles. The Hall–Kier alpha value is -2.37. The van der Waals surface area contributed by atoms with Gasteiger partial charge >= 0.3 is 11.9 Å². The number of fused-ring (bicyclic) bond motifs is 1. The molecule has 1 aromatic rings. The molecule has 0 bridgehead atoms. The third kappa shape index (κ3) is 2.79. The van der Waals surface area contributed by atoms with Crippen molar-refractivity contribution in [2.24, 2.45) is 0 Å². The van der Waals surface area contributed by atoms with E-state index in [0.29, 0.717) is 6.42 Å². The third-order valence-corrected chi connectivity index (χ3v) is 3.38. The second-order valence-electron chi connectivity index (χ2n) is 4.64. The lowest BCUT2D eigenvalue weighted by Gasteiger charge is -2.29. The predicted molar refractivity (Wildman–Crippen MR) is 69.1 cm³/mol. The lowest BCUT2D eigenvalue weighted by atomic mass is 9.77. The summed E-state index contributed by atoms with van der Waals surface area (Å²) in [7, 11) is 1.17. The SMILES string of the molecule is COC(=O)C[C@H](NC(=O)C1Cc2ccccc21)C(=O)O. The van der Waals surface area contributed by atoms with Gasteiger partial charge in [-0.1, -0.05) is 24.3 Å². The van der Waals surface area contributed by atoms with Crippen molar-refractivity contribution in [2.45, 2.75) is 24.8 Å². The maximum Gasteiger partial charge on any atom is 0.326 e. The fourth-order valence-electron chi connectivity index (χ4n) is 2.22. The topological polar surface area (TPSA) is 92.7 Å². The van der Waals surface area contributed by atoms with Crippen LogP contribution in [0.1, 0.15) is 23.5 Å². The van der Waals surface area contributed by atoms with Gasteiger partial charge in [-0.05, 0) is 17.5 Å². The molecule has 1 aliphatic carbocycles. The van der Waals surface area contributed by atoms with Crippen molar-refractivity contribution in [1.29, 1.82) is 0 Å². The molecule has 106 valence electrons. The number of carbonyl (C=O) groups excluding carboxylic acids is 2. The van der Waals surface area contributed by atoms with Crippen LogP contribution in [0.25, 0.3) is 0 Å². The van der Waals surface area contributed by atoms with Gasteiger partial charge in [0.1, 0.15) is 6.04 Å². The molecule has 0 saturated heterocycles. The van der Waals surface area contributed by atoms with E-state index in [0.717, 1.165) is 11.1 Å². The Morgan fingerprint density at radius 1 is 1.40 bits per heavy atom. The summed E-state index contributed by atoms with van der Waals surface area (Å²) in [6.45, 7) is 0. The summed E-state index contributed by atoms with van der Waals surface area (Å²) in [4.78, 5) is 34.2. The molecule has 1 unspecified atom stereocenters. The van der Waals surface area contributed by atoms with Crippen LogP contribution in [0, 0.1) is 0 Å². The summed E-state index contributed by atoms with van der Waals surface area (Å²) < 4.78 is 4.42. The van der Waals surface area contributed by atoms with Gasteiger partial charge in [-0.2, -0.15) is 0 Å². The minimum Gasteiger partial charge on any atom is -0.480 e. The average molecular weight is 277 g/mol. The summed E-state index contributed by atoms with van der Waals surface area (Å²) in [6, 6.07) is 6.25. The molecule has 20 heavy (non-hydrogen) atoms. The number of methoxy groups -OCH3 is 1. The van der Waals surface area contributed by atoms with E-state index in [9.17, 15) is 14.4 Å². The molecule has 6 nitrogen and oxygen atoms in total. The number of ether oxygens (including phenoxy) is 1. The number of carboxylic acids is 1. The van der Waals surface area contributed by atoms with Gasteiger partial charge in [0.2, 0.25) is 5.91 Å². The Bertz CT molecular complexity index is 554. The Morgan fingerprint density at radius 2 is 2.10 bits per heavy atom. The predicted octanol–water partition coefficient (Wildman–Crippen LogP) is 0.459. The molecular formula is C14H15NO5. The van der Waals surface area contributed by atoms with Crippen LogP contribution >= 0.6 is 0 Å². The molecular weight excluding hydrogens is 262 g/mol. The van der Waals surface area contributed by atoms with Crippen molar-refractivity contribution >= 4 is 17.8 Å². The number of hydrogen-bond acceptors (Lipinski definition) is 4. The first-order valence-corrected chi connectivity index (χ1v) is 6.20. The molecule has 1 amide bonds. The standard InChI is InChI=1S/C14H15NO5/c1-20-12(16)7-11(14(18)19)15-13(17)10-6-8-4-2-3-5-9(8)10/h2-5,10-11H,6-7H2,1H3,(H,15,17)(H,18,19)/t10?,11-/m0/s1. The van der Waals surface area contributed by atoms with Gasteiger partial charge in [0.25, 0.3) is 0 Å². The van der Waals surface area contributed by atoms with Crippen LogP contribution in [0.4, 0.5) is 0 Å². The number of carbonyl (C=O) groups is 3. The first-order chi connectivity index (χ1) is 9.52. The Balaban J connectivity index is 2.00. The maximum absolute atomic E-state index is 12.0. The van der Waals surface area contributed by atoms with Crippen LogP contribution in [-0.4, -0.2) is 36.1 Å². The van der Waals surface area contributed by atoms with E-state index in [-0.39, 0.29) is 18.2 Å². The number of benzene rings is 1. The lowest BCUT2D eigenvalue weighted by Crippen LogP contribution is -2.46. The number of aliphatic carboxylic acids is 1. The van der Waals surface area contributed by atoms with Crippen LogP contribution in [0.15, 0.2) is 24.3 Å². The van der Waals surface area contributed by atoms with Crippen LogP contribution in [0.3, 0.4) is 0 Å². The van der Waals surface area contributed by atoms with Crippen molar-refractivity contribution in [2.75, 3.05) is 7.11 Å². The summed E-state index contributed by atoms with van der Waals surface area (Å²) in [5.41, 5.74) is 2.00. The highest BCUT2D eigenvalue weighted by atomic mass is 16.5. The zero-order valence-corrected chi connectivity index (χ0v) is 11.0. The van der Waals surface area contributed by atoms with Crippen molar-refractivity contribution in [3.63, 3.8) is 0 Å². The normalized spacial score (nSPS) is 17.4. The third-order valence-electron chi connectivity index (χ3n) is 3.38. The first kappa shape index (κ1) is 14.0. The van der Waals surface area contributed by atoms with E-state index in [4.69, 9.17) is 5.11 Å². The largest absolute Gasteiger partial charge is 0.480 e. The zero-order chi connectivity index (χ0) is 14.7. The van der Waals surface area contributed by atoms with E-state index >= 15 is 0 Å². The van der Waals surface area contributed by atoms with E-state index in [2.05, 4.69) is 10.1 Å². The van der Waals surface area contributed by atoms with Crippen LogP contribution < -0.4 is 5.32 Å². The Kier molecular flexibility index (Phi) is 4.02. The summed E-state index contributed by atoms with van der Waals surface area (Å²) in [6.07, 6.45) is 0.207. The number of esters is 1. The minimum atomic E-state index is -1.26. The number of nitrogens with one attached hydrogen (secondary N) is 1. The van der Waals surface area contributed by atoms with E-state index in [1.54, 1.807) is 0 Å². The molecule has 2 atom stereocenters. The van der Waals surface area contributed by atoms with Gasteiger partial charge < -0.3 is 15.2 Å². The van der Waals surface area contributed by atoms with Crippen molar-refractivity contribution < 1.29 is 24.2 Å². The van der Waals surface area contributed by atoms with Crippen molar-refractivity contribution in [3.05, 3.63) is 35.4 Å². The molecule has 2 N–H and O–H groups in total. The molecule has 0 spiro atoms. The van der Waals surface area contributed by atoms with E-state index in [1.807, 2.05) is 24.3 Å². The molecule has 0 heterocycles. The number of carboxylic acid groups (broad SMARTS) is 1. The zero-order valence-electron chi connectivity index (χ0n) is 11.0. The quantitative estimate of drug-likeness (QED) is 0.763. The van der Waals surface area contributed by atoms with Gasteiger partial charge in [-0.15, -0.1) is 0 Å². The first-order valence-electron chi connectivity index (χ1n) is 6.20.